The fourth-order valence-corrected chi connectivity index (χ4v) is 2.59. The molecule has 1 N–H and O–H groups in total. The average Bonchev–Trinajstić information content (AvgIpc) is 2.87. The van der Waals surface area contributed by atoms with Crippen molar-refractivity contribution in [2.75, 3.05) is 6.61 Å². The number of hydrogen-bond acceptors (Lipinski definition) is 4. The van der Waals surface area contributed by atoms with E-state index >= 15 is 0 Å². The van der Waals surface area contributed by atoms with Crippen molar-refractivity contribution in [1.29, 1.82) is 0 Å². The molecule has 2 rings (SSSR count). The predicted octanol–water partition coefficient (Wildman–Crippen LogP) is 3.67. The van der Waals surface area contributed by atoms with Crippen LogP contribution in [0, 0.1) is 0 Å². The van der Waals surface area contributed by atoms with E-state index in [1.165, 1.54) is 4.68 Å². The predicted molar refractivity (Wildman–Crippen MR) is 88.8 cm³/mol. The summed E-state index contributed by atoms with van der Waals surface area (Å²) in [6.07, 6.45) is 0. The number of hydrogen-bond donors (Lipinski definition) is 1. The summed E-state index contributed by atoms with van der Waals surface area (Å²) >= 11 is 0. The summed E-state index contributed by atoms with van der Waals surface area (Å²) < 4.78 is 6.58. The van der Waals surface area contributed by atoms with Crippen LogP contribution in [0.3, 0.4) is 0 Å². The van der Waals surface area contributed by atoms with Crippen LogP contribution in [-0.4, -0.2) is 27.5 Å². The van der Waals surface area contributed by atoms with Gasteiger partial charge >= 0.3 is 5.97 Å². The van der Waals surface area contributed by atoms with Crippen LogP contribution in [-0.2, 0) is 10.3 Å². The monoisotopic (exact) mass is 316 g/mol. The van der Waals surface area contributed by atoms with Crippen LogP contribution in [0.2, 0.25) is 0 Å². The molecule has 0 amide bonds. The Morgan fingerprint density at radius 2 is 1.91 bits per heavy atom. The first-order valence-corrected chi connectivity index (χ1v) is 7.85. The molecule has 1 aromatic heterocycles. The van der Waals surface area contributed by atoms with Crippen LogP contribution < -0.4 is 0 Å². The number of esters is 1. The second kappa shape index (κ2) is 6.44. The average molecular weight is 316 g/mol. The highest BCUT2D eigenvalue weighted by Gasteiger charge is 2.33. The van der Waals surface area contributed by atoms with Crippen molar-refractivity contribution >= 4 is 5.97 Å². The molecule has 0 unspecified atom stereocenters. The highest BCUT2D eigenvalue weighted by atomic mass is 16.5. The largest absolute Gasteiger partial charge is 0.493 e. The van der Waals surface area contributed by atoms with Gasteiger partial charge in [-0.25, -0.2) is 9.48 Å². The molecule has 0 aliphatic carbocycles. The summed E-state index contributed by atoms with van der Waals surface area (Å²) in [6, 6.07) is 9.76. The van der Waals surface area contributed by atoms with Crippen LogP contribution >= 0.6 is 0 Å². The number of ether oxygens (including phenoxy) is 1. The zero-order valence-electron chi connectivity index (χ0n) is 14.3. The number of nitrogens with zero attached hydrogens (tertiary/aromatic N) is 2. The van der Waals surface area contributed by atoms with Crippen molar-refractivity contribution in [3.8, 4) is 5.88 Å². The summed E-state index contributed by atoms with van der Waals surface area (Å²) in [5.74, 6) is -0.696. The maximum absolute atomic E-state index is 12.2. The molecule has 124 valence electrons. The minimum absolute atomic E-state index is 0.00636. The highest BCUT2D eigenvalue weighted by molar-refractivity contribution is 5.93. The van der Waals surface area contributed by atoms with Gasteiger partial charge in [-0.15, -0.1) is 0 Å². The minimum Gasteiger partial charge on any atom is -0.493 e. The zero-order valence-corrected chi connectivity index (χ0v) is 14.3. The molecule has 0 atom stereocenters. The fourth-order valence-electron chi connectivity index (χ4n) is 2.59. The Morgan fingerprint density at radius 1 is 1.30 bits per heavy atom. The Kier molecular flexibility index (Phi) is 4.78. The van der Waals surface area contributed by atoms with Crippen molar-refractivity contribution in [3.05, 3.63) is 47.2 Å². The molecule has 0 fully saturated rings. The normalized spacial score (nSPS) is 11.7. The van der Waals surface area contributed by atoms with Gasteiger partial charge in [0.2, 0.25) is 5.88 Å². The summed E-state index contributed by atoms with van der Waals surface area (Å²) in [6.45, 7) is 9.77. The molecule has 5 heteroatoms. The molecular weight excluding hydrogens is 292 g/mol. The maximum Gasteiger partial charge on any atom is 0.345 e. The Bertz CT molecular complexity index is 688. The van der Waals surface area contributed by atoms with Crippen LogP contribution in [0.1, 0.15) is 62.2 Å². The van der Waals surface area contributed by atoms with E-state index < -0.39 is 11.5 Å². The third kappa shape index (κ3) is 3.09. The second-order valence-corrected chi connectivity index (χ2v) is 6.30. The van der Waals surface area contributed by atoms with Gasteiger partial charge in [-0.05, 0) is 32.3 Å². The molecule has 0 saturated heterocycles. The van der Waals surface area contributed by atoms with E-state index in [-0.39, 0.29) is 24.0 Å². The SMILES string of the molecule is CCOC(=O)c1c(C(C)C)nn(C(C)(C)c2ccccc2)c1O. The van der Waals surface area contributed by atoms with Gasteiger partial charge in [0.05, 0.1) is 17.8 Å². The van der Waals surface area contributed by atoms with E-state index in [0.29, 0.717) is 5.69 Å². The van der Waals surface area contributed by atoms with Crippen molar-refractivity contribution in [1.82, 2.24) is 9.78 Å². The Hall–Kier alpha value is -2.30. The van der Waals surface area contributed by atoms with Gasteiger partial charge in [0.15, 0.2) is 0 Å². The summed E-state index contributed by atoms with van der Waals surface area (Å²) in [5.41, 5.74) is 1.10. The van der Waals surface area contributed by atoms with E-state index in [2.05, 4.69) is 5.10 Å². The van der Waals surface area contributed by atoms with Crippen molar-refractivity contribution in [2.45, 2.75) is 46.1 Å². The highest BCUT2D eigenvalue weighted by Crippen LogP contribution is 2.35. The molecule has 0 spiro atoms. The molecule has 0 radical (unpaired) electrons. The molecule has 23 heavy (non-hydrogen) atoms. The van der Waals surface area contributed by atoms with Gasteiger partial charge in [-0.1, -0.05) is 44.2 Å². The maximum atomic E-state index is 12.2. The second-order valence-electron chi connectivity index (χ2n) is 6.30. The lowest BCUT2D eigenvalue weighted by atomic mass is 9.94. The van der Waals surface area contributed by atoms with E-state index in [1.54, 1.807) is 6.92 Å². The number of benzene rings is 1. The van der Waals surface area contributed by atoms with Crippen molar-refractivity contribution < 1.29 is 14.6 Å². The molecule has 1 aromatic carbocycles. The number of rotatable bonds is 5. The Labute approximate surface area is 136 Å². The van der Waals surface area contributed by atoms with Gasteiger partial charge in [-0.2, -0.15) is 5.10 Å². The Balaban J connectivity index is 2.60. The molecule has 2 aromatic rings. The lowest BCUT2D eigenvalue weighted by molar-refractivity contribution is 0.0520. The third-order valence-corrected chi connectivity index (χ3v) is 3.92. The molecule has 0 aliphatic heterocycles. The number of carbonyl (C=O) groups excluding carboxylic acids is 1. The lowest BCUT2D eigenvalue weighted by Crippen LogP contribution is -2.28. The van der Waals surface area contributed by atoms with Crippen molar-refractivity contribution in [2.24, 2.45) is 0 Å². The number of aromatic nitrogens is 2. The minimum atomic E-state index is -0.597. The van der Waals surface area contributed by atoms with E-state index in [9.17, 15) is 9.90 Å². The molecule has 1 heterocycles. The van der Waals surface area contributed by atoms with Crippen LogP contribution in [0.5, 0.6) is 5.88 Å². The first-order chi connectivity index (χ1) is 10.8. The lowest BCUT2D eigenvalue weighted by Gasteiger charge is -2.26. The van der Waals surface area contributed by atoms with Crippen LogP contribution in [0.25, 0.3) is 0 Å². The number of aromatic hydroxyl groups is 1. The summed E-state index contributed by atoms with van der Waals surface area (Å²) in [4.78, 5) is 12.2. The first-order valence-electron chi connectivity index (χ1n) is 7.85. The van der Waals surface area contributed by atoms with Crippen LogP contribution in [0.15, 0.2) is 30.3 Å². The fraction of sp³-hybridized carbons (Fsp3) is 0.444. The van der Waals surface area contributed by atoms with Crippen molar-refractivity contribution in [3.63, 3.8) is 0 Å². The van der Waals surface area contributed by atoms with Gasteiger partial charge in [-0.3, -0.25) is 0 Å². The van der Waals surface area contributed by atoms with Gasteiger partial charge in [0, 0.05) is 0 Å². The number of carbonyl (C=O) groups is 1. The molecule has 0 bridgehead atoms. The third-order valence-electron chi connectivity index (χ3n) is 3.92. The zero-order chi connectivity index (χ0) is 17.2. The molecule has 0 saturated carbocycles. The molecular formula is C18H24N2O3. The summed E-state index contributed by atoms with van der Waals surface area (Å²) in [5, 5.41) is 15.2. The van der Waals surface area contributed by atoms with E-state index in [0.717, 1.165) is 5.56 Å². The standard InChI is InChI=1S/C18H24N2O3/c1-6-23-17(22)14-15(12(2)3)19-20(16(14)21)18(4,5)13-10-8-7-9-11-13/h7-12,21H,6H2,1-5H3. The van der Waals surface area contributed by atoms with E-state index in [4.69, 9.17) is 4.74 Å². The first kappa shape index (κ1) is 17.1. The van der Waals surface area contributed by atoms with Gasteiger partial charge < -0.3 is 9.84 Å². The topological polar surface area (TPSA) is 64.3 Å². The van der Waals surface area contributed by atoms with Gasteiger partial charge in [0.25, 0.3) is 0 Å². The molecule has 0 aliphatic rings. The van der Waals surface area contributed by atoms with Gasteiger partial charge in [0.1, 0.15) is 5.56 Å². The quantitative estimate of drug-likeness (QED) is 0.855. The summed E-state index contributed by atoms with van der Waals surface area (Å²) in [7, 11) is 0. The molecule has 5 nitrogen and oxygen atoms in total. The van der Waals surface area contributed by atoms with Crippen LogP contribution in [0.4, 0.5) is 0 Å². The van der Waals surface area contributed by atoms with E-state index in [1.807, 2.05) is 58.0 Å². The Morgan fingerprint density at radius 3 is 2.43 bits per heavy atom. The smallest absolute Gasteiger partial charge is 0.345 e.